The van der Waals surface area contributed by atoms with Crippen molar-refractivity contribution in [1.29, 1.82) is 0 Å². The van der Waals surface area contributed by atoms with Crippen molar-refractivity contribution in [2.24, 2.45) is 10.7 Å². The van der Waals surface area contributed by atoms with Gasteiger partial charge < -0.3 is 15.6 Å². The fourth-order valence-corrected chi connectivity index (χ4v) is 1.85. The Hall–Kier alpha value is -3.15. The molecule has 0 atom stereocenters. The lowest BCUT2D eigenvalue weighted by Gasteiger charge is -2.02. The maximum atomic E-state index is 12.8. The monoisotopic (exact) mass is 314 g/mol. The Balaban J connectivity index is 2.24. The van der Waals surface area contributed by atoms with Crippen LogP contribution in [0.3, 0.4) is 0 Å². The van der Waals surface area contributed by atoms with Crippen LogP contribution in [0.15, 0.2) is 59.6 Å². The molecule has 0 aliphatic rings. The smallest absolute Gasteiger partial charge is 0.337 e. The number of aliphatic hydroxyl groups excluding tert-OH is 1. The molecule has 0 spiro atoms. The highest BCUT2D eigenvalue weighted by Crippen LogP contribution is 2.16. The Morgan fingerprint density at radius 3 is 2.57 bits per heavy atom. The second kappa shape index (κ2) is 7.22. The summed E-state index contributed by atoms with van der Waals surface area (Å²) >= 11 is 0. The Morgan fingerprint density at radius 2 is 1.91 bits per heavy atom. The van der Waals surface area contributed by atoms with Gasteiger partial charge in [0.25, 0.3) is 0 Å². The maximum Gasteiger partial charge on any atom is 0.337 e. The van der Waals surface area contributed by atoms with Gasteiger partial charge in [0.2, 0.25) is 0 Å². The topological polar surface area (TPSA) is 84.9 Å². The van der Waals surface area contributed by atoms with Crippen molar-refractivity contribution in [2.75, 3.05) is 7.11 Å². The number of carbonyl (C=O) groups excluding carboxylic acids is 1. The van der Waals surface area contributed by atoms with Crippen molar-refractivity contribution >= 4 is 23.3 Å². The van der Waals surface area contributed by atoms with Gasteiger partial charge in [-0.3, -0.25) is 0 Å². The van der Waals surface area contributed by atoms with Gasteiger partial charge in [-0.1, -0.05) is 6.07 Å². The number of esters is 1. The van der Waals surface area contributed by atoms with Crippen molar-refractivity contribution in [3.05, 3.63) is 71.6 Å². The molecule has 6 heteroatoms. The molecule has 3 N–H and O–H groups in total. The SMILES string of the molecule is COC(=O)c1cccc(N=C(N)/C=C(\O)c2ccc(F)cc2)c1. The third kappa shape index (κ3) is 4.41. The van der Waals surface area contributed by atoms with Crippen molar-refractivity contribution in [2.45, 2.75) is 0 Å². The fourth-order valence-electron chi connectivity index (χ4n) is 1.85. The number of rotatable bonds is 4. The molecule has 0 saturated heterocycles. The minimum atomic E-state index is -0.481. The molecule has 0 fully saturated rings. The summed E-state index contributed by atoms with van der Waals surface area (Å²) < 4.78 is 17.5. The van der Waals surface area contributed by atoms with Crippen LogP contribution in [0, 0.1) is 5.82 Å². The van der Waals surface area contributed by atoms with Gasteiger partial charge in [-0.25, -0.2) is 14.2 Å². The molecule has 0 heterocycles. The molecule has 0 bridgehead atoms. The van der Waals surface area contributed by atoms with Crippen LogP contribution in [0.5, 0.6) is 0 Å². The molecule has 2 aromatic rings. The minimum Gasteiger partial charge on any atom is -0.507 e. The van der Waals surface area contributed by atoms with Crippen LogP contribution < -0.4 is 5.73 Å². The van der Waals surface area contributed by atoms with Gasteiger partial charge in [-0.2, -0.15) is 0 Å². The highest BCUT2D eigenvalue weighted by Gasteiger charge is 2.05. The predicted molar refractivity (Wildman–Crippen MR) is 86.1 cm³/mol. The molecular formula is C17H15FN2O3. The highest BCUT2D eigenvalue weighted by molar-refractivity contribution is 5.98. The molecule has 0 saturated carbocycles. The number of halogens is 1. The van der Waals surface area contributed by atoms with E-state index < -0.39 is 11.8 Å². The normalized spacial score (nSPS) is 12.1. The number of benzene rings is 2. The van der Waals surface area contributed by atoms with Crippen LogP contribution in [-0.2, 0) is 4.74 Å². The van der Waals surface area contributed by atoms with Crippen molar-refractivity contribution < 1.29 is 19.0 Å². The fraction of sp³-hybridized carbons (Fsp3) is 0.0588. The molecule has 0 radical (unpaired) electrons. The lowest BCUT2D eigenvalue weighted by atomic mass is 10.1. The largest absolute Gasteiger partial charge is 0.507 e. The molecule has 2 aromatic carbocycles. The average Bonchev–Trinajstić information content (AvgIpc) is 2.54. The number of aliphatic hydroxyl groups is 1. The van der Waals surface area contributed by atoms with E-state index in [1.54, 1.807) is 18.2 Å². The van der Waals surface area contributed by atoms with Gasteiger partial charge in [0.05, 0.1) is 18.4 Å². The Kier molecular flexibility index (Phi) is 5.09. The average molecular weight is 314 g/mol. The van der Waals surface area contributed by atoms with Crippen molar-refractivity contribution in [3.63, 3.8) is 0 Å². The molecule has 118 valence electrons. The highest BCUT2D eigenvalue weighted by atomic mass is 19.1. The lowest BCUT2D eigenvalue weighted by Crippen LogP contribution is -2.08. The van der Waals surface area contributed by atoms with E-state index in [9.17, 15) is 14.3 Å². The lowest BCUT2D eigenvalue weighted by molar-refractivity contribution is 0.0601. The van der Waals surface area contributed by atoms with E-state index in [0.29, 0.717) is 16.8 Å². The number of hydrogen-bond donors (Lipinski definition) is 2. The van der Waals surface area contributed by atoms with Crippen LogP contribution in [0.4, 0.5) is 10.1 Å². The van der Waals surface area contributed by atoms with E-state index in [2.05, 4.69) is 9.73 Å². The second-order valence-electron chi connectivity index (χ2n) is 4.62. The molecule has 0 aliphatic carbocycles. The molecule has 0 aromatic heterocycles. The van der Waals surface area contributed by atoms with Gasteiger partial charge in [0.15, 0.2) is 0 Å². The molecule has 2 rings (SSSR count). The zero-order valence-electron chi connectivity index (χ0n) is 12.4. The summed E-state index contributed by atoms with van der Waals surface area (Å²) in [7, 11) is 1.29. The summed E-state index contributed by atoms with van der Waals surface area (Å²) in [6, 6.07) is 11.7. The van der Waals surface area contributed by atoms with Crippen LogP contribution in [0.1, 0.15) is 15.9 Å². The number of amidine groups is 1. The van der Waals surface area contributed by atoms with Crippen LogP contribution in [0.25, 0.3) is 5.76 Å². The summed E-state index contributed by atoms with van der Waals surface area (Å²) in [6.07, 6.45) is 1.25. The van der Waals surface area contributed by atoms with E-state index in [4.69, 9.17) is 5.73 Å². The van der Waals surface area contributed by atoms with E-state index >= 15 is 0 Å². The Labute approximate surface area is 132 Å². The first-order valence-corrected chi connectivity index (χ1v) is 6.69. The van der Waals surface area contributed by atoms with E-state index in [1.807, 2.05) is 0 Å². The summed E-state index contributed by atoms with van der Waals surface area (Å²) in [5.74, 6) is -0.989. The van der Waals surface area contributed by atoms with Gasteiger partial charge in [0.1, 0.15) is 17.4 Å². The molecule has 0 unspecified atom stereocenters. The van der Waals surface area contributed by atoms with E-state index in [-0.39, 0.29) is 11.6 Å². The molecule has 23 heavy (non-hydrogen) atoms. The molecule has 0 aliphatic heterocycles. The standard InChI is InChI=1S/C17H15FN2O3/c1-23-17(22)12-3-2-4-14(9-12)20-16(19)10-15(21)11-5-7-13(18)8-6-11/h2-10,21H,1H3,(H2,19,20)/b15-10-. The number of nitrogens with zero attached hydrogens (tertiary/aromatic N) is 1. The number of nitrogens with two attached hydrogens (primary N) is 1. The van der Waals surface area contributed by atoms with Gasteiger partial charge in [0, 0.05) is 11.6 Å². The zero-order valence-corrected chi connectivity index (χ0v) is 12.4. The number of ether oxygens (including phenoxy) is 1. The van der Waals surface area contributed by atoms with Crippen LogP contribution >= 0.6 is 0 Å². The Bertz CT molecular complexity index is 768. The number of carbonyl (C=O) groups is 1. The maximum absolute atomic E-state index is 12.8. The van der Waals surface area contributed by atoms with Gasteiger partial charge in [-0.15, -0.1) is 0 Å². The third-order valence-electron chi connectivity index (χ3n) is 2.95. The molecule has 5 nitrogen and oxygen atoms in total. The first-order valence-electron chi connectivity index (χ1n) is 6.69. The summed E-state index contributed by atoms with van der Waals surface area (Å²) in [5.41, 5.74) is 6.95. The number of methoxy groups -OCH3 is 1. The van der Waals surface area contributed by atoms with Crippen LogP contribution in [-0.4, -0.2) is 24.0 Å². The van der Waals surface area contributed by atoms with Crippen LogP contribution in [0.2, 0.25) is 0 Å². The van der Waals surface area contributed by atoms with Crippen molar-refractivity contribution in [3.8, 4) is 0 Å². The van der Waals surface area contributed by atoms with Gasteiger partial charge in [-0.05, 0) is 42.5 Å². The van der Waals surface area contributed by atoms with Crippen molar-refractivity contribution in [1.82, 2.24) is 0 Å². The summed E-state index contributed by atoms with van der Waals surface area (Å²) in [6.45, 7) is 0. The quantitative estimate of drug-likeness (QED) is 0.393. The third-order valence-corrected chi connectivity index (χ3v) is 2.95. The first-order chi connectivity index (χ1) is 11.0. The van der Waals surface area contributed by atoms with Gasteiger partial charge >= 0.3 is 5.97 Å². The zero-order chi connectivity index (χ0) is 16.8. The second-order valence-corrected chi connectivity index (χ2v) is 4.62. The predicted octanol–water partition coefficient (Wildman–Crippen LogP) is 3.20. The minimum absolute atomic E-state index is 0.0360. The summed E-state index contributed by atoms with van der Waals surface area (Å²) in [5, 5.41) is 9.94. The number of hydrogen-bond acceptors (Lipinski definition) is 4. The number of aliphatic imine (C=N–C) groups is 1. The first kappa shape index (κ1) is 16.2. The summed E-state index contributed by atoms with van der Waals surface area (Å²) in [4.78, 5) is 15.6. The Morgan fingerprint density at radius 1 is 1.22 bits per heavy atom. The van der Waals surface area contributed by atoms with E-state index in [1.165, 1.54) is 43.5 Å². The molecule has 0 amide bonds. The molecular weight excluding hydrogens is 299 g/mol. The van der Waals surface area contributed by atoms with E-state index in [0.717, 1.165) is 0 Å².